The van der Waals surface area contributed by atoms with Crippen LogP contribution in [0.25, 0.3) is 10.1 Å². The fourth-order valence-corrected chi connectivity index (χ4v) is 4.93. The molecule has 21 heavy (non-hydrogen) atoms. The number of halogens is 1. The second kappa shape index (κ2) is 5.97. The first-order valence-corrected chi connectivity index (χ1v) is 9.02. The number of carbonyl (C=O) groups is 1. The van der Waals surface area contributed by atoms with Crippen LogP contribution in [-0.4, -0.2) is 23.4 Å². The first-order valence-electron chi connectivity index (χ1n) is 7.41. The molecule has 112 valence electrons. The Labute approximate surface area is 137 Å². The maximum atomic E-state index is 12.9. The summed E-state index contributed by atoms with van der Waals surface area (Å²) >= 11 is 5.04. The van der Waals surface area contributed by atoms with Gasteiger partial charge in [0.15, 0.2) is 0 Å². The molecule has 1 saturated heterocycles. The average molecular weight is 367 g/mol. The highest BCUT2D eigenvalue weighted by atomic mass is 79.9. The summed E-state index contributed by atoms with van der Waals surface area (Å²) < 4.78 is 2.02. The summed E-state index contributed by atoms with van der Waals surface area (Å²) in [5.74, 6) is 0.104. The average Bonchev–Trinajstić information content (AvgIpc) is 2.85. The van der Waals surface area contributed by atoms with Crippen LogP contribution in [0.15, 0.2) is 22.7 Å². The van der Waals surface area contributed by atoms with Crippen LogP contribution in [0.4, 0.5) is 5.69 Å². The molecule has 3 nitrogen and oxygen atoms in total. The fraction of sp³-hybridized carbons (Fsp3) is 0.438. The van der Waals surface area contributed by atoms with Crippen molar-refractivity contribution in [1.82, 2.24) is 4.90 Å². The molecular formula is C16H19BrN2OS. The number of hydrogen-bond acceptors (Lipinski definition) is 3. The largest absolute Gasteiger partial charge is 0.397 e. The van der Waals surface area contributed by atoms with Crippen molar-refractivity contribution in [2.75, 3.05) is 12.3 Å². The summed E-state index contributed by atoms with van der Waals surface area (Å²) in [6, 6.07) is 6.33. The van der Waals surface area contributed by atoms with E-state index in [2.05, 4.69) is 22.9 Å². The summed E-state index contributed by atoms with van der Waals surface area (Å²) in [6.45, 7) is 3.01. The van der Waals surface area contributed by atoms with E-state index in [9.17, 15) is 4.79 Å². The number of hydrogen-bond donors (Lipinski definition) is 1. The number of likely N-dealkylation sites (tertiary alicyclic amines) is 1. The highest BCUT2D eigenvalue weighted by Gasteiger charge is 2.29. The SMILES string of the molecule is CCC1CCCCN1C(=O)c1sc2cccc(Br)c2c1N. The van der Waals surface area contributed by atoms with E-state index in [4.69, 9.17) is 5.73 Å². The fourth-order valence-electron chi connectivity index (χ4n) is 3.11. The maximum absolute atomic E-state index is 12.9. The van der Waals surface area contributed by atoms with Crippen molar-refractivity contribution in [3.05, 3.63) is 27.5 Å². The minimum Gasteiger partial charge on any atom is -0.397 e. The van der Waals surface area contributed by atoms with E-state index in [1.807, 2.05) is 23.1 Å². The molecule has 2 aromatic rings. The molecule has 0 aliphatic carbocycles. The Morgan fingerprint density at radius 3 is 3.00 bits per heavy atom. The monoisotopic (exact) mass is 366 g/mol. The summed E-state index contributed by atoms with van der Waals surface area (Å²) in [5.41, 5.74) is 6.89. The van der Waals surface area contributed by atoms with Gasteiger partial charge >= 0.3 is 0 Å². The predicted molar refractivity (Wildman–Crippen MR) is 92.9 cm³/mol. The van der Waals surface area contributed by atoms with Crippen LogP contribution >= 0.6 is 27.3 Å². The van der Waals surface area contributed by atoms with Gasteiger partial charge in [-0.2, -0.15) is 0 Å². The van der Waals surface area contributed by atoms with Gasteiger partial charge in [0.2, 0.25) is 0 Å². The zero-order valence-electron chi connectivity index (χ0n) is 12.1. The Bertz CT molecular complexity index is 682. The molecule has 1 amide bonds. The third-order valence-electron chi connectivity index (χ3n) is 4.25. The molecule has 0 saturated carbocycles. The first-order chi connectivity index (χ1) is 10.1. The lowest BCUT2D eigenvalue weighted by atomic mass is 9.99. The van der Waals surface area contributed by atoms with Gasteiger partial charge in [-0.25, -0.2) is 0 Å². The van der Waals surface area contributed by atoms with Gasteiger partial charge in [0.1, 0.15) is 4.88 Å². The Kier molecular flexibility index (Phi) is 4.22. The molecule has 2 N–H and O–H groups in total. The zero-order chi connectivity index (χ0) is 15.0. The smallest absolute Gasteiger partial charge is 0.266 e. The zero-order valence-corrected chi connectivity index (χ0v) is 14.5. The van der Waals surface area contributed by atoms with Gasteiger partial charge in [0.05, 0.1) is 5.69 Å². The third kappa shape index (κ3) is 2.57. The van der Waals surface area contributed by atoms with Gasteiger partial charge in [-0.15, -0.1) is 11.3 Å². The molecule has 0 radical (unpaired) electrons. The number of rotatable bonds is 2. The van der Waals surface area contributed by atoms with E-state index in [1.54, 1.807) is 0 Å². The minimum absolute atomic E-state index is 0.104. The molecule has 1 unspecified atom stereocenters. The highest BCUT2D eigenvalue weighted by molar-refractivity contribution is 9.10. The van der Waals surface area contributed by atoms with Crippen molar-refractivity contribution in [2.45, 2.75) is 38.6 Å². The quantitative estimate of drug-likeness (QED) is 0.840. The van der Waals surface area contributed by atoms with Gasteiger partial charge < -0.3 is 10.6 Å². The number of piperidine rings is 1. The van der Waals surface area contributed by atoms with Crippen LogP contribution in [0.1, 0.15) is 42.3 Å². The molecule has 5 heteroatoms. The molecule has 1 aromatic carbocycles. The number of thiophene rings is 1. The van der Waals surface area contributed by atoms with E-state index in [0.29, 0.717) is 16.6 Å². The number of carbonyl (C=O) groups excluding carboxylic acids is 1. The molecule has 1 aliphatic rings. The van der Waals surface area contributed by atoms with Gasteiger partial charge in [-0.05, 0) is 37.8 Å². The Morgan fingerprint density at radius 1 is 1.48 bits per heavy atom. The molecule has 0 bridgehead atoms. The van der Waals surface area contributed by atoms with Crippen LogP contribution in [0.5, 0.6) is 0 Å². The second-order valence-electron chi connectivity index (χ2n) is 5.51. The lowest BCUT2D eigenvalue weighted by Crippen LogP contribution is -2.43. The third-order valence-corrected chi connectivity index (χ3v) is 6.07. The summed E-state index contributed by atoms with van der Waals surface area (Å²) in [4.78, 5) is 15.6. The predicted octanol–water partition coefficient (Wildman–Crippen LogP) is 4.65. The van der Waals surface area contributed by atoms with E-state index < -0.39 is 0 Å². The lowest BCUT2D eigenvalue weighted by molar-refractivity contribution is 0.0614. The van der Waals surface area contributed by atoms with Gasteiger partial charge in [0, 0.05) is 27.1 Å². The lowest BCUT2D eigenvalue weighted by Gasteiger charge is -2.35. The van der Waals surface area contributed by atoms with Crippen molar-refractivity contribution >= 4 is 48.9 Å². The van der Waals surface area contributed by atoms with E-state index in [1.165, 1.54) is 17.8 Å². The molecule has 1 fully saturated rings. The van der Waals surface area contributed by atoms with Gasteiger partial charge in [-0.1, -0.05) is 28.9 Å². The van der Waals surface area contributed by atoms with Crippen LogP contribution < -0.4 is 5.73 Å². The van der Waals surface area contributed by atoms with Gasteiger partial charge in [-0.3, -0.25) is 4.79 Å². The summed E-state index contributed by atoms with van der Waals surface area (Å²) in [6.07, 6.45) is 4.43. The summed E-state index contributed by atoms with van der Waals surface area (Å²) in [5, 5.41) is 0.968. The molecule has 1 aliphatic heterocycles. The van der Waals surface area contributed by atoms with Crippen LogP contribution in [0.3, 0.4) is 0 Å². The Hall–Kier alpha value is -1.07. The first kappa shape index (κ1) is 14.9. The second-order valence-corrected chi connectivity index (χ2v) is 7.42. The molecule has 1 aromatic heterocycles. The van der Waals surface area contributed by atoms with Crippen molar-refractivity contribution in [3.63, 3.8) is 0 Å². The number of benzene rings is 1. The minimum atomic E-state index is 0.104. The molecule has 1 atom stereocenters. The number of nitrogens with zero attached hydrogens (tertiary/aromatic N) is 1. The van der Waals surface area contributed by atoms with Gasteiger partial charge in [0.25, 0.3) is 5.91 Å². The maximum Gasteiger partial charge on any atom is 0.266 e. The number of amides is 1. The Morgan fingerprint density at radius 2 is 2.29 bits per heavy atom. The highest BCUT2D eigenvalue weighted by Crippen LogP contribution is 2.39. The summed E-state index contributed by atoms with van der Waals surface area (Å²) in [7, 11) is 0. The number of nitrogen functional groups attached to an aromatic ring is 1. The van der Waals surface area contributed by atoms with Crippen LogP contribution in [0.2, 0.25) is 0 Å². The van der Waals surface area contributed by atoms with E-state index in [-0.39, 0.29) is 5.91 Å². The van der Waals surface area contributed by atoms with E-state index >= 15 is 0 Å². The number of anilines is 1. The van der Waals surface area contributed by atoms with Crippen LogP contribution in [-0.2, 0) is 0 Å². The van der Waals surface area contributed by atoms with Crippen molar-refractivity contribution < 1.29 is 4.79 Å². The molecular weight excluding hydrogens is 348 g/mol. The molecule has 0 spiro atoms. The van der Waals surface area contributed by atoms with E-state index in [0.717, 1.165) is 40.4 Å². The number of fused-ring (bicyclic) bond motifs is 1. The standard InChI is InChI=1S/C16H19BrN2OS/c1-2-10-6-3-4-9-19(10)16(20)15-14(18)13-11(17)7-5-8-12(13)21-15/h5,7-8,10H,2-4,6,9,18H2,1H3. The van der Waals surface area contributed by atoms with Crippen molar-refractivity contribution in [2.24, 2.45) is 0 Å². The topological polar surface area (TPSA) is 46.3 Å². The van der Waals surface area contributed by atoms with Crippen molar-refractivity contribution in [1.29, 1.82) is 0 Å². The number of nitrogens with two attached hydrogens (primary N) is 1. The van der Waals surface area contributed by atoms with Crippen molar-refractivity contribution in [3.8, 4) is 0 Å². The Balaban J connectivity index is 2.01. The molecule has 3 rings (SSSR count). The normalized spacial score (nSPS) is 19.1. The molecule has 2 heterocycles. The van der Waals surface area contributed by atoms with Crippen LogP contribution in [0, 0.1) is 0 Å².